The molecule has 25 heavy (non-hydrogen) atoms. The summed E-state index contributed by atoms with van der Waals surface area (Å²) in [5.74, 6) is -2.94. The maximum absolute atomic E-state index is 12.7. The lowest BCUT2D eigenvalue weighted by Crippen LogP contribution is -2.19. The molecule has 9 heteroatoms. The van der Waals surface area contributed by atoms with Gasteiger partial charge in [-0.05, 0) is 23.8 Å². The SMILES string of the molecule is O=C(O)COC(=O)CC1=CC(=O)CC=C1S(=O)(=O)C1=CCC(=O)C=C1. The van der Waals surface area contributed by atoms with Crippen LogP contribution in [-0.2, 0) is 33.8 Å². The normalized spacial score (nSPS) is 17.5. The summed E-state index contributed by atoms with van der Waals surface area (Å²) >= 11 is 0. The maximum Gasteiger partial charge on any atom is 0.341 e. The van der Waals surface area contributed by atoms with E-state index >= 15 is 0 Å². The average molecular weight is 366 g/mol. The number of ketones is 2. The van der Waals surface area contributed by atoms with Gasteiger partial charge in [-0.15, -0.1) is 0 Å². The minimum Gasteiger partial charge on any atom is -0.479 e. The molecule has 0 aromatic heterocycles. The molecule has 8 nitrogen and oxygen atoms in total. The summed E-state index contributed by atoms with van der Waals surface area (Å²) in [6.07, 6.45) is 5.05. The number of sulfone groups is 1. The zero-order chi connectivity index (χ0) is 18.6. The fourth-order valence-electron chi connectivity index (χ4n) is 2.26. The van der Waals surface area contributed by atoms with Gasteiger partial charge in [0.15, 0.2) is 18.2 Å². The molecule has 2 aliphatic carbocycles. The molecule has 0 spiro atoms. The van der Waals surface area contributed by atoms with E-state index in [2.05, 4.69) is 4.74 Å². The highest BCUT2D eigenvalue weighted by molar-refractivity contribution is 7.99. The first-order valence-electron chi connectivity index (χ1n) is 7.17. The average Bonchev–Trinajstić information content (AvgIpc) is 2.53. The van der Waals surface area contributed by atoms with E-state index in [0.717, 1.165) is 12.2 Å². The van der Waals surface area contributed by atoms with Gasteiger partial charge in [0, 0.05) is 12.8 Å². The van der Waals surface area contributed by atoms with E-state index in [1.165, 1.54) is 18.2 Å². The first-order chi connectivity index (χ1) is 11.7. The second-order valence-corrected chi connectivity index (χ2v) is 7.17. The van der Waals surface area contributed by atoms with Crippen molar-refractivity contribution in [2.75, 3.05) is 6.61 Å². The lowest BCUT2D eigenvalue weighted by Gasteiger charge is -2.17. The topological polar surface area (TPSA) is 132 Å². The molecule has 0 amide bonds. The molecule has 0 aromatic carbocycles. The Hall–Kier alpha value is -2.81. The molecule has 0 fully saturated rings. The number of hydrogen-bond acceptors (Lipinski definition) is 7. The molecule has 0 atom stereocenters. The van der Waals surface area contributed by atoms with E-state index in [-0.39, 0.29) is 39.8 Å². The Labute approximate surface area is 143 Å². The Morgan fingerprint density at radius 2 is 1.76 bits per heavy atom. The van der Waals surface area contributed by atoms with Gasteiger partial charge in [0.1, 0.15) is 0 Å². The molecule has 132 valence electrons. The van der Waals surface area contributed by atoms with Gasteiger partial charge < -0.3 is 9.84 Å². The summed E-state index contributed by atoms with van der Waals surface area (Å²) in [6.45, 7) is -0.859. The van der Waals surface area contributed by atoms with Crippen molar-refractivity contribution >= 4 is 33.3 Å². The number of carboxylic acid groups (broad SMARTS) is 1. The number of ether oxygens (including phenoxy) is 1. The maximum atomic E-state index is 12.7. The van der Waals surface area contributed by atoms with Crippen LogP contribution in [0.3, 0.4) is 0 Å². The highest BCUT2D eigenvalue weighted by atomic mass is 32.2. The Balaban J connectivity index is 2.26. The van der Waals surface area contributed by atoms with Gasteiger partial charge in [0.2, 0.25) is 9.84 Å². The molecular formula is C16H14O8S. The Kier molecular flexibility index (Phi) is 5.48. The van der Waals surface area contributed by atoms with Gasteiger partial charge >= 0.3 is 11.9 Å². The quantitative estimate of drug-likeness (QED) is 0.677. The fourth-order valence-corrected chi connectivity index (χ4v) is 3.84. The molecule has 0 aliphatic heterocycles. The highest BCUT2D eigenvalue weighted by Gasteiger charge is 2.30. The number of carboxylic acids is 1. The summed E-state index contributed by atoms with van der Waals surface area (Å²) < 4.78 is 29.9. The minimum atomic E-state index is -4.02. The smallest absolute Gasteiger partial charge is 0.341 e. The number of carbonyl (C=O) groups excluding carboxylic acids is 3. The number of carbonyl (C=O) groups is 4. The first kappa shape index (κ1) is 18.5. The van der Waals surface area contributed by atoms with Crippen LogP contribution in [0.5, 0.6) is 0 Å². The van der Waals surface area contributed by atoms with E-state index in [1.807, 2.05) is 0 Å². The minimum absolute atomic E-state index is 0.0586. The van der Waals surface area contributed by atoms with Crippen molar-refractivity contribution in [3.63, 3.8) is 0 Å². The van der Waals surface area contributed by atoms with Gasteiger partial charge in [-0.25, -0.2) is 13.2 Å². The molecule has 0 saturated carbocycles. The van der Waals surface area contributed by atoms with Gasteiger partial charge in [0.25, 0.3) is 0 Å². The molecule has 1 N–H and O–H groups in total. The predicted octanol–water partition coefficient (Wildman–Crippen LogP) is 0.615. The van der Waals surface area contributed by atoms with E-state index in [9.17, 15) is 27.6 Å². The molecule has 0 aromatic rings. The van der Waals surface area contributed by atoms with Gasteiger partial charge in [-0.1, -0.05) is 12.2 Å². The number of esters is 1. The van der Waals surface area contributed by atoms with Crippen molar-refractivity contribution in [2.24, 2.45) is 0 Å². The van der Waals surface area contributed by atoms with Crippen LogP contribution >= 0.6 is 0 Å². The van der Waals surface area contributed by atoms with Crippen LogP contribution < -0.4 is 0 Å². The molecule has 2 aliphatic rings. The largest absolute Gasteiger partial charge is 0.479 e. The van der Waals surface area contributed by atoms with Crippen LogP contribution in [0.4, 0.5) is 0 Å². The Bertz CT molecular complexity index is 868. The van der Waals surface area contributed by atoms with E-state index in [1.54, 1.807) is 0 Å². The summed E-state index contributed by atoms with van der Waals surface area (Å²) in [7, 11) is -4.02. The molecule has 0 radical (unpaired) electrons. The molecule has 0 bridgehead atoms. The second-order valence-electron chi connectivity index (χ2n) is 5.25. The van der Waals surface area contributed by atoms with Crippen molar-refractivity contribution in [1.29, 1.82) is 0 Å². The third-order valence-electron chi connectivity index (χ3n) is 3.37. The summed E-state index contributed by atoms with van der Waals surface area (Å²) in [5, 5.41) is 8.49. The predicted molar refractivity (Wildman–Crippen MR) is 84.8 cm³/mol. The molecule has 2 rings (SSSR count). The molecule has 0 unspecified atom stereocenters. The zero-order valence-corrected chi connectivity index (χ0v) is 13.7. The van der Waals surface area contributed by atoms with Crippen molar-refractivity contribution < 1.29 is 37.4 Å². The Morgan fingerprint density at radius 3 is 2.36 bits per heavy atom. The lowest BCUT2D eigenvalue weighted by atomic mass is 10.0. The van der Waals surface area contributed by atoms with Crippen LogP contribution in [0.1, 0.15) is 19.3 Å². The lowest BCUT2D eigenvalue weighted by molar-refractivity contribution is -0.154. The van der Waals surface area contributed by atoms with E-state index in [0.29, 0.717) is 0 Å². The summed E-state index contributed by atoms with van der Waals surface area (Å²) in [6, 6.07) is 0. The fraction of sp³-hybridized carbons (Fsp3) is 0.250. The number of rotatable bonds is 6. The third-order valence-corrected chi connectivity index (χ3v) is 5.30. The number of hydrogen-bond donors (Lipinski definition) is 1. The third kappa shape index (κ3) is 4.60. The summed E-state index contributed by atoms with van der Waals surface area (Å²) in [4.78, 5) is 44.5. The van der Waals surface area contributed by atoms with Crippen LogP contribution in [0.15, 0.2) is 45.8 Å². The monoisotopic (exact) mass is 366 g/mol. The van der Waals surface area contributed by atoms with Crippen molar-refractivity contribution in [3.8, 4) is 0 Å². The summed E-state index contributed by atoms with van der Waals surface area (Å²) in [5.41, 5.74) is -0.0714. The standard InChI is InChI=1S/C16H14O8S/c17-11-1-4-13(5-2-11)25(22,23)14-6-3-12(18)7-10(14)8-16(21)24-9-15(19)20/h1,4-7H,2-3,8-9H2,(H,19,20). The van der Waals surface area contributed by atoms with Gasteiger partial charge in [-0.3, -0.25) is 14.4 Å². The van der Waals surface area contributed by atoms with Crippen molar-refractivity contribution in [2.45, 2.75) is 19.3 Å². The highest BCUT2D eigenvalue weighted by Crippen LogP contribution is 2.31. The van der Waals surface area contributed by atoms with Crippen molar-refractivity contribution in [1.82, 2.24) is 0 Å². The second kappa shape index (κ2) is 7.39. The van der Waals surface area contributed by atoms with Crippen LogP contribution in [0.2, 0.25) is 0 Å². The van der Waals surface area contributed by atoms with Crippen LogP contribution in [-0.4, -0.2) is 43.6 Å². The Morgan fingerprint density at radius 1 is 1.08 bits per heavy atom. The molecular weight excluding hydrogens is 352 g/mol. The van der Waals surface area contributed by atoms with E-state index < -0.39 is 34.8 Å². The van der Waals surface area contributed by atoms with Crippen LogP contribution in [0.25, 0.3) is 0 Å². The molecule has 0 saturated heterocycles. The van der Waals surface area contributed by atoms with Gasteiger partial charge in [-0.2, -0.15) is 0 Å². The van der Waals surface area contributed by atoms with E-state index in [4.69, 9.17) is 5.11 Å². The zero-order valence-electron chi connectivity index (χ0n) is 12.9. The van der Waals surface area contributed by atoms with Crippen LogP contribution in [0, 0.1) is 0 Å². The number of allylic oxidation sites excluding steroid dienone is 6. The molecule has 0 heterocycles. The van der Waals surface area contributed by atoms with Crippen molar-refractivity contribution in [3.05, 3.63) is 45.8 Å². The van der Waals surface area contributed by atoms with Gasteiger partial charge in [0.05, 0.1) is 16.2 Å². The number of aliphatic carboxylic acids is 1. The first-order valence-corrected chi connectivity index (χ1v) is 8.66.